The third-order valence-corrected chi connectivity index (χ3v) is 3.57. The lowest BCUT2D eigenvalue weighted by atomic mass is 10.4. The smallest absolute Gasteiger partial charge is 0.389 e. The van der Waals surface area contributed by atoms with E-state index in [0.717, 1.165) is 6.92 Å². The largest absolute Gasteiger partial charge is 0.482 e. The molecule has 3 atom stereocenters. The minimum absolute atomic E-state index is 1.15. The Morgan fingerprint density at radius 3 is 2.00 bits per heavy atom. The lowest BCUT2D eigenvalue weighted by molar-refractivity contribution is 0.0715. The molecule has 0 aliphatic carbocycles. The molecule has 0 saturated carbocycles. The number of aliphatic hydroxyl groups excluding tert-OH is 1. The summed E-state index contributed by atoms with van der Waals surface area (Å²) < 4.78 is 28.3. The molecule has 86 valence electrons. The van der Waals surface area contributed by atoms with E-state index in [9.17, 15) is 9.13 Å². The Labute approximate surface area is 84.3 Å². The fourth-order valence-corrected chi connectivity index (χ4v) is 2.33. The summed E-state index contributed by atoms with van der Waals surface area (Å²) in [6.07, 6.45) is -1.31. The third-order valence-electron chi connectivity index (χ3n) is 0.823. The van der Waals surface area contributed by atoms with Crippen LogP contribution in [0.5, 0.6) is 0 Å². The van der Waals surface area contributed by atoms with E-state index in [1.807, 2.05) is 0 Å². The van der Waals surface area contributed by atoms with E-state index in [2.05, 4.69) is 8.83 Å². The van der Waals surface area contributed by atoms with Crippen LogP contribution < -0.4 is 0 Å². The molecule has 0 saturated heterocycles. The standard InChI is InChI=1S/C3H9ClO8P2/c1-2(5)3(4)11-14(9,10)12-13(6,7)8/h2-3,5H,1H3,(H,9,10)(H2,6,7,8). The average Bonchev–Trinajstić information content (AvgIpc) is 1.78. The van der Waals surface area contributed by atoms with E-state index in [1.165, 1.54) is 0 Å². The first kappa shape index (κ1) is 14.5. The Morgan fingerprint density at radius 2 is 1.71 bits per heavy atom. The van der Waals surface area contributed by atoms with Crippen molar-refractivity contribution in [1.82, 2.24) is 0 Å². The predicted molar refractivity (Wildman–Crippen MR) is 45.4 cm³/mol. The third kappa shape index (κ3) is 6.89. The number of halogens is 1. The van der Waals surface area contributed by atoms with E-state index >= 15 is 0 Å². The van der Waals surface area contributed by atoms with Crippen LogP contribution >= 0.6 is 27.2 Å². The summed E-state index contributed by atoms with van der Waals surface area (Å²) in [5.41, 5.74) is -1.61. The van der Waals surface area contributed by atoms with E-state index in [0.29, 0.717) is 0 Å². The number of hydrogen-bond donors (Lipinski definition) is 4. The van der Waals surface area contributed by atoms with Gasteiger partial charge in [0.15, 0.2) is 5.56 Å². The molecule has 0 radical (unpaired) electrons. The summed E-state index contributed by atoms with van der Waals surface area (Å²) in [5.74, 6) is 0. The maximum Gasteiger partial charge on any atom is 0.482 e. The second kappa shape index (κ2) is 5.03. The summed E-state index contributed by atoms with van der Waals surface area (Å²) >= 11 is 5.19. The molecule has 0 rings (SSSR count). The predicted octanol–water partition coefficient (Wildman–Crippen LogP) is 0.158. The molecular weight excluding hydrogens is 261 g/mol. The van der Waals surface area contributed by atoms with E-state index in [1.54, 1.807) is 0 Å². The number of aliphatic hydroxyl groups is 1. The van der Waals surface area contributed by atoms with Crippen molar-refractivity contribution in [3.8, 4) is 0 Å². The van der Waals surface area contributed by atoms with Crippen molar-refractivity contribution >= 4 is 27.2 Å². The molecule has 0 aromatic rings. The van der Waals surface area contributed by atoms with Gasteiger partial charge in [0, 0.05) is 0 Å². The van der Waals surface area contributed by atoms with Gasteiger partial charge >= 0.3 is 15.6 Å². The van der Waals surface area contributed by atoms with Gasteiger partial charge in [-0.2, -0.15) is 4.31 Å². The summed E-state index contributed by atoms with van der Waals surface area (Å²) in [4.78, 5) is 25.0. The number of rotatable bonds is 5. The zero-order valence-corrected chi connectivity index (χ0v) is 9.39. The lowest BCUT2D eigenvalue weighted by Crippen LogP contribution is -2.19. The van der Waals surface area contributed by atoms with Crippen LogP contribution in [-0.2, 0) is 18.0 Å². The quantitative estimate of drug-likeness (QED) is 0.410. The van der Waals surface area contributed by atoms with Gasteiger partial charge in [-0.25, -0.2) is 9.13 Å². The SMILES string of the molecule is CC(O)C(Cl)OP(=O)(O)OP(=O)(O)O. The minimum Gasteiger partial charge on any atom is -0.389 e. The highest BCUT2D eigenvalue weighted by Gasteiger charge is 2.35. The van der Waals surface area contributed by atoms with Crippen LogP contribution in [0, 0.1) is 0 Å². The first-order valence-electron chi connectivity index (χ1n) is 3.14. The second-order valence-electron chi connectivity index (χ2n) is 2.24. The zero-order chi connectivity index (χ0) is 11.6. The van der Waals surface area contributed by atoms with Gasteiger partial charge in [0.25, 0.3) is 0 Å². The average molecular weight is 270 g/mol. The van der Waals surface area contributed by atoms with Crippen LogP contribution in [-0.4, -0.2) is 31.5 Å². The molecule has 11 heteroatoms. The molecule has 0 aliphatic heterocycles. The van der Waals surface area contributed by atoms with Crippen molar-refractivity contribution in [3.05, 3.63) is 0 Å². The Hall–Kier alpha value is 0.510. The molecule has 3 unspecified atom stereocenters. The highest BCUT2D eigenvalue weighted by Crippen LogP contribution is 2.58. The van der Waals surface area contributed by atoms with Crippen LogP contribution in [0.15, 0.2) is 0 Å². The minimum atomic E-state index is -5.15. The van der Waals surface area contributed by atoms with Crippen molar-refractivity contribution in [1.29, 1.82) is 0 Å². The number of phosphoric ester groups is 1. The van der Waals surface area contributed by atoms with Crippen LogP contribution in [0.3, 0.4) is 0 Å². The molecular formula is C3H9ClO8P2. The molecule has 0 heterocycles. The van der Waals surface area contributed by atoms with Gasteiger partial charge in [-0.05, 0) is 6.92 Å². The molecule has 0 amide bonds. The molecule has 0 fully saturated rings. The summed E-state index contributed by atoms with van der Waals surface area (Å²) in [7, 11) is -10.1. The van der Waals surface area contributed by atoms with Gasteiger partial charge < -0.3 is 19.8 Å². The van der Waals surface area contributed by atoms with Crippen LogP contribution in [0.1, 0.15) is 6.92 Å². The molecule has 0 bridgehead atoms. The van der Waals surface area contributed by atoms with Gasteiger partial charge in [0.05, 0.1) is 6.10 Å². The molecule has 0 aliphatic rings. The molecule has 4 N–H and O–H groups in total. The number of phosphoric acid groups is 2. The van der Waals surface area contributed by atoms with Crippen molar-refractivity contribution in [2.45, 2.75) is 18.6 Å². The Balaban J connectivity index is 4.36. The fraction of sp³-hybridized carbons (Fsp3) is 1.00. The van der Waals surface area contributed by atoms with Crippen molar-refractivity contribution < 1.29 is 37.8 Å². The molecule has 14 heavy (non-hydrogen) atoms. The van der Waals surface area contributed by atoms with E-state index in [-0.39, 0.29) is 0 Å². The normalized spacial score (nSPS) is 21.3. The van der Waals surface area contributed by atoms with Gasteiger partial charge in [0.2, 0.25) is 0 Å². The molecule has 0 spiro atoms. The highest BCUT2D eigenvalue weighted by atomic mass is 35.5. The Morgan fingerprint density at radius 1 is 1.29 bits per heavy atom. The summed E-state index contributed by atoms with van der Waals surface area (Å²) in [6.45, 7) is 1.15. The maximum absolute atomic E-state index is 10.8. The zero-order valence-electron chi connectivity index (χ0n) is 6.85. The topological polar surface area (TPSA) is 134 Å². The van der Waals surface area contributed by atoms with Crippen molar-refractivity contribution in [3.63, 3.8) is 0 Å². The van der Waals surface area contributed by atoms with Crippen molar-refractivity contribution in [2.75, 3.05) is 0 Å². The van der Waals surface area contributed by atoms with Crippen LogP contribution in [0.2, 0.25) is 0 Å². The number of alkyl halides is 1. The van der Waals surface area contributed by atoms with E-state index < -0.39 is 27.3 Å². The van der Waals surface area contributed by atoms with Gasteiger partial charge in [0.1, 0.15) is 0 Å². The number of hydrogen-bond acceptors (Lipinski definition) is 5. The van der Waals surface area contributed by atoms with Crippen LogP contribution in [0.4, 0.5) is 0 Å². The lowest BCUT2D eigenvalue weighted by Gasteiger charge is -2.17. The van der Waals surface area contributed by atoms with Crippen LogP contribution in [0.25, 0.3) is 0 Å². The maximum atomic E-state index is 10.8. The fourth-order valence-electron chi connectivity index (χ4n) is 0.369. The van der Waals surface area contributed by atoms with Gasteiger partial charge in [-0.3, -0.25) is 4.52 Å². The second-order valence-corrected chi connectivity index (χ2v) is 5.45. The Bertz CT molecular complexity index is 272. The molecule has 0 aromatic carbocycles. The first-order chi connectivity index (χ1) is 6.03. The van der Waals surface area contributed by atoms with Gasteiger partial charge in [-0.15, -0.1) is 0 Å². The summed E-state index contributed by atoms with van der Waals surface area (Å²) in [6, 6.07) is 0. The first-order valence-corrected chi connectivity index (χ1v) is 6.60. The molecule has 8 nitrogen and oxygen atoms in total. The summed E-state index contributed by atoms with van der Waals surface area (Å²) in [5, 5.41) is 8.74. The monoisotopic (exact) mass is 270 g/mol. The van der Waals surface area contributed by atoms with E-state index in [4.69, 9.17) is 31.4 Å². The Kier molecular flexibility index (Phi) is 5.21. The van der Waals surface area contributed by atoms with Gasteiger partial charge in [-0.1, -0.05) is 11.6 Å². The van der Waals surface area contributed by atoms with Crippen molar-refractivity contribution in [2.24, 2.45) is 0 Å². The molecule has 0 aromatic heterocycles. The highest BCUT2D eigenvalue weighted by molar-refractivity contribution is 7.60.